The minimum absolute atomic E-state index is 0.0540. The summed E-state index contributed by atoms with van der Waals surface area (Å²) in [6.45, 7) is 11.3. The first-order valence-electron chi connectivity index (χ1n) is 12.4. The van der Waals surface area contributed by atoms with Crippen LogP contribution in [0.4, 0.5) is 5.82 Å². The molecule has 0 aromatic carbocycles. The molecule has 0 radical (unpaired) electrons. The third-order valence-corrected chi connectivity index (χ3v) is 7.40. The first kappa shape index (κ1) is 22.9. The average Bonchev–Trinajstić information content (AvgIpc) is 3.53. The van der Waals surface area contributed by atoms with Gasteiger partial charge in [-0.15, -0.1) is 0 Å². The monoisotopic (exact) mass is 462 g/mol. The maximum atomic E-state index is 13.1. The summed E-state index contributed by atoms with van der Waals surface area (Å²) in [4.78, 5) is 26.6. The fourth-order valence-corrected chi connectivity index (χ4v) is 5.33. The van der Waals surface area contributed by atoms with Crippen molar-refractivity contribution in [2.75, 3.05) is 24.5 Å². The lowest BCUT2D eigenvalue weighted by Gasteiger charge is -2.44. The summed E-state index contributed by atoms with van der Waals surface area (Å²) in [5.74, 6) is 1.66. The lowest BCUT2D eigenvalue weighted by Crippen LogP contribution is -2.58. The van der Waals surface area contributed by atoms with Gasteiger partial charge in [0.25, 0.3) is 0 Å². The average molecular weight is 463 g/mol. The van der Waals surface area contributed by atoms with Crippen molar-refractivity contribution in [1.82, 2.24) is 19.4 Å². The molecule has 2 aliphatic heterocycles. The fraction of sp³-hybridized carbons (Fsp3) is 0.615. The van der Waals surface area contributed by atoms with Crippen molar-refractivity contribution in [3.63, 3.8) is 0 Å². The van der Waals surface area contributed by atoms with Crippen molar-refractivity contribution < 1.29 is 9.53 Å². The molecule has 180 valence electrons. The molecule has 8 nitrogen and oxygen atoms in total. The van der Waals surface area contributed by atoms with Crippen molar-refractivity contribution in [1.29, 1.82) is 5.26 Å². The maximum Gasteiger partial charge on any atom is 0.242 e. The van der Waals surface area contributed by atoms with Crippen LogP contribution in [0.2, 0.25) is 0 Å². The van der Waals surface area contributed by atoms with E-state index in [2.05, 4.69) is 43.6 Å². The van der Waals surface area contributed by atoms with Gasteiger partial charge in [0.2, 0.25) is 5.91 Å². The Balaban J connectivity index is 1.46. The zero-order valence-corrected chi connectivity index (χ0v) is 20.6. The Morgan fingerprint density at radius 3 is 2.74 bits per heavy atom. The van der Waals surface area contributed by atoms with Crippen LogP contribution in [0.1, 0.15) is 68.8 Å². The number of hydrogen-bond donors (Lipinski definition) is 0. The molecule has 1 saturated carbocycles. The van der Waals surface area contributed by atoms with Crippen LogP contribution in [0.25, 0.3) is 0 Å². The van der Waals surface area contributed by atoms with Gasteiger partial charge in [-0.3, -0.25) is 4.79 Å². The van der Waals surface area contributed by atoms with Crippen LogP contribution >= 0.6 is 0 Å². The van der Waals surface area contributed by atoms with Crippen molar-refractivity contribution in [3.05, 3.63) is 41.1 Å². The minimum Gasteiger partial charge on any atom is -0.370 e. The molecule has 0 unspecified atom stereocenters. The number of pyridine rings is 1. The molecule has 34 heavy (non-hydrogen) atoms. The summed E-state index contributed by atoms with van der Waals surface area (Å²) >= 11 is 0. The maximum absolute atomic E-state index is 13.1. The van der Waals surface area contributed by atoms with Crippen LogP contribution in [-0.4, -0.2) is 56.6 Å². The number of hydrogen-bond acceptors (Lipinski definition) is 6. The molecule has 0 N–H and O–H groups in total. The molecule has 1 amide bonds. The van der Waals surface area contributed by atoms with Gasteiger partial charge in [-0.05, 0) is 38.2 Å². The number of ether oxygens (including phenoxy) is 1. The molecule has 4 heterocycles. The van der Waals surface area contributed by atoms with E-state index in [4.69, 9.17) is 9.72 Å². The summed E-state index contributed by atoms with van der Waals surface area (Å²) in [6.07, 6.45) is 8.22. The van der Waals surface area contributed by atoms with Crippen molar-refractivity contribution in [2.24, 2.45) is 5.92 Å². The molecule has 1 aliphatic carbocycles. The van der Waals surface area contributed by atoms with E-state index in [-0.39, 0.29) is 23.5 Å². The molecule has 1 atom stereocenters. The van der Waals surface area contributed by atoms with Gasteiger partial charge < -0.3 is 19.1 Å². The van der Waals surface area contributed by atoms with Crippen LogP contribution in [0.3, 0.4) is 0 Å². The largest absolute Gasteiger partial charge is 0.370 e. The first-order valence-corrected chi connectivity index (χ1v) is 12.4. The molecular formula is C26H34N6O2. The second-order valence-electron chi connectivity index (χ2n) is 10.8. The summed E-state index contributed by atoms with van der Waals surface area (Å²) in [7, 11) is 0. The Labute approximate surface area is 201 Å². The van der Waals surface area contributed by atoms with E-state index in [1.54, 1.807) is 12.5 Å². The lowest BCUT2D eigenvalue weighted by atomic mass is 9.87. The third-order valence-electron chi connectivity index (χ3n) is 7.40. The van der Waals surface area contributed by atoms with Crippen LogP contribution < -0.4 is 4.90 Å². The standard InChI is InChI=1S/C26H34N6O2/c1-17(2)22-13-31(9-10-32(22)23(33)14-30-8-7-28-16-30)25-20(12-27)19-11-26(3,4)34-15-21(19)24(29-25)18-5-6-18/h7-8,16-18,22H,5-6,9-11,13-15H2,1-4H3/t22-/m0/s1. The summed E-state index contributed by atoms with van der Waals surface area (Å²) in [6, 6.07) is 2.56. The predicted molar refractivity (Wildman–Crippen MR) is 128 cm³/mol. The highest BCUT2D eigenvalue weighted by atomic mass is 16.5. The van der Waals surface area contributed by atoms with E-state index in [9.17, 15) is 10.1 Å². The Kier molecular flexibility index (Phi) is 5.85. The predicted octanol–water partition coefficient (Wildman–Crippen LogP) is 3.25. The van der Waals surface area contributed by atoms with Crippen LogP contribution in [0, 0.1) is 17.2 Å². The topological polar surface area (TPSA) is 87.3 Å². The zero-order chi connectivity index (χ0) is 24.0. The molecule has 2 aromatic heterocycles. The quantitative estimate of drug-likeness (QED) is 0.678. The van der Waals surface area contributed by atoms with Crippen molar-refractivity contribution in [3.8, 4) is 6.07 Å². The van der Waals surface area contributed by atoms with Crippen LogP contribution in [0.5, 0.6) is 0 Å². The number of amides is 1. The third kappa shape index (κ3) is 4.29. The molecule has 1 saturated heterocycles. The molecule has 8 heteroatoms. The molecule has 5 rings (SSSR count). The number of imidazole rings is 1. The molecule has 0 bridgehead atoms. The van der Waals surface area contributed by atoms with Crippen LogP contribution in [-0.2, 0) is 29.1 Å². The van der Waals surface area contributed by atoms with Gasteiger partial charge in [-0.25, -0.2) is 9.97 Å². The van der Waals surface area contributed by atoms with Gasteiger partial charge in [0, 0.05) is 49.9 Å². The number of fused-ring (bicyclic) bond motifs is 1. The van der Waals surface area contributed by atoms with E-state index in [1.807, 2.05) is 15.7 Å². The van der Waals surface area contributed by atoms with E-state index < -0.39 is 0 Å². The van der Waals surface area contributed by atoms with Gasteiger partial charge in [0.1, 0.15) is 18.4 Å². The minimum atomic E-state index is -0.295. The molecule has 0 spiro atoms. The second-order valence-corrected chi connectivity index (χ2v) is 10.8. The van der Waals surface area contributed by atoms with Crippen molar-refractivity contribution >= 4 is 11.7 Å². The summed E-state index contributed by atoms with van der Waals surface area (Å²) < 4.78 is 7.93. The highest BCUT2D eigenvalue weighted by Crippen LogP contribution is 2.46. The Bertz CT molecular complexity index is 1110. The fourth-order valence-electron chi connectivity index (χ4n) is 5.33. The van der Waals surface area contributed by atoms with Crippen LogP contribution in [0.15, 0.2) is 18.7 Å². The molecule has 3 aliphatic rings. The Hall–Kier alpha value is -2.92. The smallest absolute Gasteiger partial charge is 0.242 e. The first-order chi connectivity index (χ1) is 16.3. The SMILES string of the molecule is CC(C)[C@@H]1CN(c2nc(C3CC3)c3c(c2C#N)CC(C)(C)OC3)CCN1C(=O)Cn1ccnc1. The highest BCUT2D eigenvalue weighted by molar-refractivity contribution is 5.77. The van der Waals surface area contributed by atoms with Gasteiger partial charge >= 0.3 is 0 Å². The van der Waals surface area contributed by atoms with Gasteiger partial charge in [-0.2, -0.15) is 5.26 Å². The number of anilines is 1. The van der Waals surface area contributed by atoms with Gasteiger partial charge in [0.05, 0.1) is 35.8 Å². The zero-order valence-electron chi connectivity index (χ0n) is 20.6. The number of nitrogens with zero attached hydrogens (tertiary/aromatic N) is 6. The Morgan fingerprint density at radius 2 is 2.09 bits per heavy atom. The second kappa shape index (κ2) is 8.70. The van der Waals surface area contributed by atoms with Gasteiger partial charge in [0.15, 0.2) is 0 Å². The lowest BCUT2D eigenvalue weighted by molar-refractivity contribution is -0.135. The number of carbonyl (C=O) groups is 1. The number of rotatable bonds is 5. The molecular weight excluding hydrogens is 428 g/mol. The summed E-state index contributed by atoms with van der Waals surface area (Å²) in [5.41, 5.74) is 3.77. The normalized spacial score (nSPS) is 21.9. The van der Waals surface area contributed by atoms with Gasteiger partial charge in [-0.1, -0.05) is 13.8 Å². The van der Waals surface area contributed by atoms with E-state index in [0.29, 0.717) is 44.3 Å². The molecule has 2 aromatic rings. The van der Waals surface area contributed by atoms with E-state index in [1.165, 1.54) is 0 Å². The number of aromatic nitrogens is 3. The van der Waals surface area contributed by atoms with Crippen molar-refractivity contribution in [2.45, 2.75) is 77.7 Å². The number of piperazine rings is 1. The number of nitriles is 1. The van der Waals surface area contributed by atoms with E-state index in [0.717, 1.165) is 41.9 Å². The summed E-state index contributed by atoms with van der Waals surface area (Å²) in [5, 5.41) is 10.2. The number of carbonyl (C=O) groups excluding carboxylic acids is 1. The molecule has 2 fully saturated rings. The highest BCUT2D eigenvalue weighted by Gasteiger charge is 2.39. The van der Waals surface area contributed by atoms with E-state index >= 15 is 0 Å². The Morgan fingerprint density at radius 1 is 1.29 bits per heavy atom.